The number of ether oxygens (including phenoxy) is 4. The number of carboxylic acid groups (broad SMARTS) is 2. The summed E-state index contributed by atoms with van der Waals surface area (Å²) in [6.45, 7) is 5.80. The highest BCUT2D eigenvalue weighted by Gasteiger charge is 2.41. The topological polar surface area (TPSA) is 166 Å². The Bertz CT molecular complexity index is 1440. The van der Waals surface area contributed by atoms with Gasteiger partial charge in [-0.1, -0.05) is 18.7 Å². The van der Waals surface area contributed by atoms with Gasteiger partial charge in [-0.3, -0.25) is 9.59 Å². The molecular weight excluding hydrogens is 617 g/mol. The number of aliphatic carboxylic acids is 2. The lowest BCUT2D eigenvalue weighted by atomic mass is 9.87. The summed E-state index contributed by atoms with van der Waals surface area (Å²) < 4.78 is 34.1. The van der Waals surface area contributed by atoms with Gasteiger partial charge in [0.25, 0.3) is 5.91 Å². The number of rotatable bonds is 15. The molecule has 1 amide bonds. The number of Topliss-reactive ketones (excluding diaryl/α,β-unsaturated/α-hetero) is 1. The third-order valence-electron chi connectivity index (χ3n) is 7.28. The molecule has 1 aliphatic rings. The summed E-state index contributed by atoms with van der Waals surface area (Å²) in [5, 5.41) is 17.8. The molecular formula is C34H42FNO11. The molecule has 0 radical (unpaired) electrons. The quantitative estimate of drug-likeness (QED) is 0.159. The lowest BCUT2D eigenvalue weighted by Crippen LogP contribution is -2.53. The van der Waals surface area contributed by atoms with Crippen molar-refractivity contribution < 1.29 is 57.5 Å². The van der Waals surface area contributed by atoms with E-state index in [2.05, 4.69) is 6.58 Å². The Labute approximate surface area is 273 Å². The molecule has 256 valence electrons. The first kappa shape index (κ1) is 38.2. The van der Waals surface area contributed by atoms with Crippen LogP contribution in [0.5, 0.6) is 17.2 Å². The first-order chi connectivity index (χ1) is 22.2. The maximum atomic E-state index is 14.0. The molecule has 0 bridgehead atoms. The van der Waals surface area contributed by atoms with Gasteiger partial charge in [0.2, 0.25) is 5.78 Å². The van der Waals surface area contributed by atoms with Crippen molar-refractivity contribution in [1.82, 2.24) is 4.90 Å². The van der Waals surface area contributed by atoms with Gasteiger partial charge in [0.1, 0.15) is 18.4 Å². The fourth-order valence-corrected chi connectivity index (χ4v) is 4.78. The van der Waals surface area contributed by atoms with Gasteiger partial charge in [0.15, 0.2) is 23.9 Å². The van der Waals surface area contributed by atoms with Crippen LogP contribution in [0.3, 0.4) is 0 Å². The number of ketones is 1. The minimum atomic E-state index is -1.23. The van der Waals surface area contributed by atoms with E-state index in [1.807, 2.05) is 18.2 Å². The minimum Gasteiger partial charge on any atom is -0.493 e. The van der Waals surface area contributed by atoms with Crippen molar-refractivity contribution in [3.63, 3.8) is 0 Å². The molecule has 2 aromatic rings. The van der Waals surface area contributed by atoms with Gasteiger partial charge in [0, 0.05) is 12.6 Å². The van der Waals surface area contributed by atoms with Gasteiger partial charge in [-0.05, 0) is 87.8 Å². The molecule has 1 atom stereocenters. The lowest BCUT2D eigenvalue weighted by molar-refractivity contribution is -0.159. The number of halogens is 1. The highest BCUT2D eigenvalue weighted by Crippen LogP contribution is 2.32. The Kier molecular flexibility index (Phi) is 14.9. The van der Waals surface area contributed by atoms with Gasteiger partial charge >= 0.3 is 17.9 Å². The number of carbonyl (C=O) groups is 5. The van der Waals surface area contributed by atoms with E-state index in [-0.39, 0.29) is 25.5 Å². The number of methoxy groups -OCH3 is 2. The molecule has 2 aromatic carbocycles. The van der Waals surface area contributed by atoms with Crippen molar-refractivity contribution in [2.45, 2.75) is 58.4 Å². The van der Waals surface area contributed by atoms with Crippen LogP contribution in [0.2, 0.25) is 0 Å². The highest BCUT2D eigenvalue weighted by molar-refractivity contribution is 6.38. The number of likely N-dealkylation sites (tertiary alicyclic amines) is 1. The first-order valence-corrected chi connectivity index (χ1v) is 14.9. The molecule has 3 rings (SSSR count). The van der Waals surface area contributed by atoms with Crippen LogP contribution < -0.4 is 14.2 Å². The monoisotopic (exact) mass is 659 g/mol. The van der Waals surface area contributed by atoms with Gasteiger partial charge < -0.3 is 34.1 Å². The average Bonchev–Trinajstić information content (AvgIpc) is 3.05. The number of piperidine rings is 1. The normalized spacial score (nSPS) is 14.1. The Morgan fingerprint density at radius 1 is 1.02 bits per heavy atom. The Morgan fingerprint density at radius 3 is 2.34 bits per heavy atom. The molecule has 1 heterocycles. The van der Waals surface area contributed by atoms with E-state index >= 15 is 0 Å². The van der Waals surface area contributed by atoms with Crippen LogP contribution in [0.1, 0.15) is 50.7 Å². The second-order valence-corrected chi connectivity index (χ2v) is 11.4. The third-order valence-corrected chi connectivity index (χ3v) is 7.28. The van der Waals surface area contributed by atoms with Crippen molar-refractivity contribution >= 4 is 29.6 Å². The van der Waals surface area contributed by atoms with Gasteiger partial charge in [-0.15, -0.1) is 0 Å². The number of nitrogens with zero attached hydrogens (tertiary/aromatic N) is 1. The van der Waals surface area contributed by atoms with E-state index in [1.54, 1.807) is 12.1 Å². The number of aryl methyl sites for hydroxylation is 2. The summed E-state index contributed by atoms with van der Waals surface area (Å²) in [6.07, 6.45) is 4.91. The van der Waals surface area contributed by atoms with E-state index in [9.17, 15) is 28.4 Å². The number of hydrogen-bond acceptors (Lipinski definition) is 9. The van der Waals surface area contributed by atoms with Gasteiger partial charge in [-0.25, -0.2) is 18.8 Å². The Hall–Kier alpha value is -4.94. The molecule has 47 heavy (non-hydrogen) atoms. The van der Waals surface area contributed by atoms with Crippen LogP contribution in [-0.4, -0.2) is 84.7 Å². The van der Waals surface area contributed by atoms with Crippen molar-refractivity contribution in [2.75, 3.05) is 34.0 Å². The smallest absolute Gasteiger partial charge is 0.341 e. The van der Waals surface area contributed by atoms with Crippen LogP contribution in [0.25, 0.3) is 0 Å². The molecule has 12 nitrogen and oxygen atoms in total. The molecule has 0 aromatic heterocycles. The maximum absolute atomic E-state index is 14.0. The van der Waals surface area contributed by atoms with E-state index in [0.717, 1.165) is 34.9 Å². The molecule has 1 saturated heterocycles. The average molecular weight is 660 g/mol. The Morgan fingerprint density at radius 2 is 1.72 bits per heavy atom. The second-order valence-electron chi connectivity index (χ2n) is 11.4. The molecule has 0 spiro atoms. The van der Waals surface area contributed by atoms with E-state index in [1.165, 1.54) is 34.1 Å². The maximum Gasteiger partial charge on any atom is 0.341 e. The molecule has 0 aliphatic carbocycles. The highest BCUT2D eigenvalue weighted by atomic mass is 19.1. The fourth-order valence-electron chi connectivity index (χ4n) is 4.78. The SMILES string of the molecule is C=CC(=O)OCC(C)(C)C(=O)C(=O)N1CCCCC1C(=O)O.COc1cc(CCCc2cccc(OCC(=O)O)c2)cc(F)c1OC. The molecule has 1 unspecified atom stereocenters. The zero-order valence-electron chi connectivity index (χ0n) is 27.1. The molecule has 13 heteroatoms. The number of esters is 1. The number of carboxylic acids is 2. The predicted octanol–water partition coefficient (Wildman–Crippen LogP) is 4.26. The number of hydrogen-bond donors (Lipinski definition) is 2. The van der Waals surface area contributed by atoms with Crippen LogP contribution in [0, 0.1) is 11.2 Å². The van der Waals surface area contributed by atoms with Crippen molar-refractivity contribution in [3.8, 4) is 17.2 Å². The summed E-state index contributed by atoms with van der Waals surface area (Å²) >= 11 is 0. The van der Waals surface area contributed by atoms with Crippen molar-refractivity contribution in [2.24, 2.45) is 5.41 Å². The van der Waals surface area contributed by atoms with Crippen molar-refractivity contribution in [3.05, 3.63) is 66.0 Å². The standard InChI is InChI=1S/C19H21FO5.C15H21NO6/c1-23-17-11-14(10-16(20)19(17)24-2)7-3-5-13-6-4-8-15(9-13)25-12-18(21)22;1-4-11(17)22-9-15(2,3)12(18)13(19)16-8-6-5-7-10(16)14(20)21/h4,6,8-11H,3,5,7,12H2,1-2H3,(H,21,22);4,10H,1,5-9H2,2-3H3,(H,20,21). The van der Waals surface area contributed by atoms with Gasteiger partial charge in [-0.2, -0.15) is 0 Å². The zero-order valence-corrected chi connectivity index (χ0v) is 27.1. The van der Waals surface area contributed by atoms with Gasteiger partial charge in [0.05, 0.1) is 19.6 Å². The zero-order chi connectivity index (χ0) is 35.1. The summed E-state index contributed by atoms with van der Waals surface area (Å²) in [5.74, 6) is -3.86. The molecule has 0 saturated carbocycles. The van der Waals surface area contributed by atoms with Crippen LogP contribution in [0.4, 0.5) is 4.39 Å². The molecule has 1 aliphatic heterocycles. The largest absolute Gasteiger partial charge is 0.493 e. The fraction of sp³-hybridized carbons (Fsp3) is 0.441. The Balaban J connectivity index is 0.000000330. The van der Waals surface area contributed by atoms with Crippen molar-refractivity contribution in [1.29, 1.82) is 0 Å². The minimum absolute atomic E-state index is 0.106. The first-order valence-electron chi connectivity index (χ1n) is 14.9. The summed E-state index contributed by atoms with van der Waals surface area (Å²) in [6, 6.07) is 9.55. The third kappa shape index (κ3) is 11.7. The summed E-state index contributed by atoms with van der Waals surface area (Å²) in [7, 11) is 2.88. The van der Waals surface area contributed by atoms with E-state index < -0.39 is 46.9 Å². The van der Waals surface area contributed by atoms with Crippen LogP contribution in [-0.2, 0) is 41.6 Å². The summed E-state index contributed by atoms with van der Waals surface area (Å²) in [5.41, 5.74) is 0.633. The van der Waals surface area contributed by atoms with E-state index in [4.69, 9.17) is 29.2 Å². The predicted molar refractivity (Wildman–Crippen MR) is 168 cm³/mol. The van der Waals surface area contributed by atoms with E-state index in [0.29, 0.717) is 37.2 Å². The number of carbonyl (C=O) groups excluding carboxylic acids is 3. The summed E-state index contributed by atoms with van der Waals surface area (Å²) in [4.78, 5) is 58.6. The number of benzene rings is 2. The van der Waals surface area contributed by atoms with Crippen LogP contribution in [0.15, 0.2) is 49.1 Å². The second kappa shape index (κ2) is 18.3. The molecule has 2 N–H and O–H groups in total. The van der Waals surface area contributed by atoms with Crippen LogP contribution >= 0.6 is 0 Å². The lowest BCUT2D eigenvalue weighted by Gasteiger charge is -2.34. The molecule has 1 fully saturated rings. The number of amides is 1.